The van der Waals surface area contributed by atoms with Crippen molar-refractivity contribution in [2.24, 2.45) is 5.92 Å². The number of piperidine rings is 1. The van der Waals surface area contributed by atoms with Crippen molar-refractivity contribution >= 4 is 11.6 Å². The number of nitro groups is 1. The second-order valence-corrected chi connectivity index (χ2v) is 6.59. The van der Waals surface area contributed by atoms with Crippen LogP contribution in [-0.2, 0) is 0 Å². The van der Waals surface area contributed by atoms with Gasteiger partial charge in [-0.2, -0.15) is 0 Å². The second kappa shape index (κ2) is 6.66. The van der Waals surface area contributed by atoms with Gasteiger partial charge in [-0.15, -0.1) is 0 Å². The van der Waals surface area contributed by atoms with Gasteiger partial charge >= 0.3 is 0 Å². The number of hydrogen-bond donors (Lipinski definition) is 1. The van der Waals surface area contributed by atoms with Crippen LogP contribution >= 0.6 is 0 Å². The van der Waals surface area contributed by atoms with E-state index in [2.05, 4.69) is 5.32 Å². The van der Waals surface area contributed by atoms with E-state index in [1.54, 1.807) is 19.1 Å². The van der Waals surface area contributed by atoms with Crippen molar-refractivity contribution in [2.45, 2.75) is 38.6 Å². The van der Waals surface area contributed by atoms with E-state index in [9.17, 15) is 14.9 Å². The minimum Gasteiger partial charge on any atom is -0.339 e. The summed E-state index contributed by atoms with van der Waals surface area (Å²) in [7, 11) is 0. The van der Waals surface area contributed by atoms with Crippen LogP contribution in [0.1, 0.15) is 41.6 Å². The smallest absolute Gasteiger partial charge is 0.272 e. The number of nitrogens with zero attached hydrogens (tertiary/aromatic N) is 2. The van der Waals surface area contributed by atoms with Gasteiger partial charge < -0.3 is 10.2 Å². The van der Waals surface area contributed by atoms with Gasteiger partial charge in [0.15, 0.2) is 0 Å². The van der Waals surface area contributed by atoms with Gasteiger partial charge in [-0.1, -0.05) is 0 Å². The molecule has 0 radical (unpaired) electrons. The molecule has 1 unspecified atom stereocenters. The Hall–Kier alpha value is -1.95. The van der Waals surface area contributed by atoms with E-state index in [0.29, 0.717) is 23.1 Å². The number of nitrogens with one attached hydrogen (secondary N) is 1. The fourth-order valence-corrected chi connectivity index (χ4v) is 3.79. The lowest BCUT2D eigenvalue weighted by molar-refractivity contribution is -0.385. The molecule has 2 saturated heterocycles. The summed E-state index contributed by atoms with van der Waals surface area (Å²) >= 11 is 0. The first-order valence-electron chi connectivity index (χ1n) is 8.34. The molecule has 0 spiro atoms. The van der Waals surface area contributed by atoms with Crippen molar-refractivity contribution in [3.05, 3.63) is 39.4 Å². The Kier molecular flexibility index (Phi) is 4.61. The minimum atomic E-state index is -0.413. The minimum absolute atomic E-state index is 0.0131. The number of carbonyl (C=O) groups excluding carboxylic acids is 1. The van der Waals surface area contributed by atoms with Crippen molar-refractivity contribution < 1.29 is 9.72 Å². The normalized spacial score (nSPS) is 22.3. The lowest BCUT2D eigenvalue weighted by Crippen LogP contribution is -2.43. The Balaban J connectivity index is 1.63. The van der Waals surface area contributed by atoms with E-state index in [4.69, 9.17) is 0 Å². The van der Waals surface area contributed by atoms with Crippen molar-refractivity contribution in [1.82, 2.24) is 10.2 Å². The van der Waals surface area contributed by atoms with Crippen LogP contribution in [0, 0.1) is 23.0 Å². The standard InChI is InChI=1S/C17H23N3O3/c1-12-11-14(4-5-16(12)20(22)23)17(21)19-9-6-13(7-10-19)15-3-2-8-18-15/h4-5,11,13,15,18H,2-3,6-10H2,1H3. The Morgan fingerprint density at radius 1 is 1.30 bits per heavy atom. The molecule has 124 valence electrons. The average molecular weight is 317 g/mol. The van der Waals surface area contributed by atoms with Crippen molar-refractivity contribution in [3.63, 3.8) is 0 Å². The second-order valence-electron chi connectivity index (χ2n) is 6.59. The lowest BCUT2D eigenvalue weighted by Gasteiger charge is -2.35. The highest BCUT2D eigenvalue weighted by molar-refractivity contribution is 5.94. The fourth-order valence-electron chi connectivity index (χ4n) is 3.79. The van der Waals surface area contributed by atoms with Crippen LogP contribution in [-0.4, -0.2) is 41.4 Å². The summed E-state index contributed by atoms with van der Waals surface area (Å²) in [4.78, 5) is 24.9. The molecule has 1 atom stereocenters. The Morgan fingerprint density at radius 3 is 2.61 bits per heavy atom. The van der Waals surface area contributed by atoms with Gasteiger partial charge in [-0.05, 0) is 57.2 Å². The average Bonchev–Trinajstić information content (AvgIpc) is 3.08. The predicted octanol–water partition coefficient (Wildman–Crippen LogP) is 2.51. The van der Waals surface area contributed by atoms with E-state index in [1.165, 1.54) is 18.9 Å². The molecule has 1 amide bonds. The molecule has 2 heterocycles. The number of carbonyl (C=O) groups is 1. The van der Waals surface area contributed by atoms with E-state index in [-0.39, 0.29) is 11.6 Å². The highest BCUT2D eigenvalue weighted by Gasteiger charge is 2.30. The zero-order chi connectivity index (χ0) is 16.4. The van der Waals surface area contributed by atoms with Gasteiger partial charge in [0, 0.05) is 36.3 Å². The summed E-state index contributed by atoms with van der Waals surface area (Å²) in [6, 6.07) is 5.25. The molecule has 3 rings (SSSR count). The topological polar surface area (TPSA) is 75.5 Å². The third kappa shape index (κ3) is 3.37. The third-order valence-corrected chi connectivity index (χ3v) is 5.13. The van der Waals surface area contributed by atoms with Crippen LogP contribution in [0.5, 0.6) is 0 Å². The number of hydrogen-bond acceptors (Lipinski definition) is 4. The fraction of sp³-hybridized carbons (Fsp3) is 0.588. The molecule has 1 aromatic rings. The van der Waals surface area contributed by atoms with Gasteiger partial charge in [-0.3, -0.25) is 14.9 Å². The molecule has 0 saturated carbocycles. The number of aryl methyl sites for hydroxylation is 1. The summed E-state index contributed by atoms with van der Waals surface area (Å²) in [6.45, 7) is 4.34. The monoisotopic (exact) mass is 317 g/mol. The highest BCUT2D eigenvalue weighted by atomic mass is 16.6. The maximum Gasteiger partial charge on any atom is 0.272 e. The molecule has 0 bridgehead atoms. The van der Waals surface area contributed by atoms with E-state index >= 15 is 0 Å². The molecule has 0 aromatic heterocycles. The van der Waals surface area contributed by atoms with Gasteiger partial charge in [0.25, 0.3) is 11.6 Å². The van der Waals surface area contributed by atoms with E-state index in [1.807, 2.05) is 4.90 Å². The van der Waals surface area contributed by atoms with Crippen molar-refractivity contribution in [2.75, 3.05) is 19.6 Å². The number of amides is 1. The van der Waals surface area contributed by atoms with E-state index in [0.717, 1.165) is 32.5 Å². The molecular formula is C17H23N3O3. The maximum atomic E-state index is 12.6. The molecular weight excluding hydrogens is 294 g/mol. The van der Waals surface area contributed by atoms with Gasteiger partial charge in [0.1, 0.15) is 0 Å². The first-order valence-corrected chi connectivity index (χ1v) is 8.34. The van der Waals surface area contributed by atoms with Crippen LogP contribution in [0.15, 0.2) is 18.2 Å². The molecule has 6 heteroatoms. The highest BCUT2D eigenvalue weighted by Crippen LogP contribution is 2.27. The SMILES string of the molecule is Cc1cc(C(=O)N2CCC(C3CCCN3)CC2)ccc1[N+](=O)[O-]. The van der Waals surface area contributed by atoms with Crippen LogP contribution in [0.3, 0.4) is 0 Å². The predicted molar refractivity (Wildman–Crippen MR) is 87.5 cm³/mol. The van der Waals surface area contributed by atoms with Crippen LogP contribution < -0.4 is 5.32 Å². The summed E-state index contributed by atoms with van der Waals surface area (Å²) in [5.41, 5.74) is 1.14. The van der Waals surface area contributed by atoms with Gasteiger partial charge in [0.2, 0.25) is 0 Å². The third-order valence-electron chi connectivity index (χ3n) is 5.13. The van der Waals surface area contributed by atoms with Crippen LogP contribution in [0.4, 0.5) is 5.69 Å². The molecule has 2 aliphatic heterocycles. The molecule has 6 nitrogen and oxygen atoms in total. The first-order chi connectivity index (χ1) is 11.1. The Morgan fingerprint density at radius 2 is 2.04 bits per heavy atom. The quantitative estimate of drug-likeness (QED) is 0.686. The molecule has 1 N–H and O–H groups in total. The lowest BCUT2D eigenvalue weighted by atomic mass is 9.88. The summed E-state index contributed by atoms with van der Waals surface area (Å²) in [5.74, 6) is 0.654. The largest absolute Gasteiger partial charge is 0.339 e. The molecule has 23 heavy (non-hydrogen) atoms. The summed E-state index contributed by atoms with van der Waals surface area (Å²) in [6.07, 6.45) is 4.58. The zero-order valence-electron chi connectivity index (χ0n) is 13.5. The number of benzene rings is 1. The first kappa shape index (κ1) is 15.9. The molecule has 2 fully saturated rings. The van der Waals surface area contributed by atoms with Crippen molar-refractivity contribution in [1.29, 1.82) is 0 Å². The Bertz CT molecular complexity index is 603. The number of rotatable bonds is 3. The van der Waals surface area contributed by atoms with Crippen LogP contribution in [0.25, 0.3) is 0 Å². The zero-order valence-corrected chi connectivity index (χ0v) is 13.5. The Labute approximate surface area is 136 Å². The molecule has 2 aliphatic rings. The maximum absolute atomic E-state index is 12.6. The van der Waals surface area contributed by atoms with Crippen LogP contribution in [0.2, 0.25) is 0 Å². The number of nitro benzene ring substituents is 1. The van der Waals surface area contributed by atoms with Crippen molar-refractivity contribution in [3.8, 4) is 0 Å². The van der Waals surface area contributed by atoms with Gasteiger partial charge in [0.05, 0.1) is 4.92 Å². The molecule has 0 aliphatic carbocycles. The summed E-state index contributed by atoms with van der Waals surface area (Å²) < 4.78 is 0. The van der Waals surface area contributed by atoms with Gasteiger partial charge in [-0.25, -0.2) is 0 Å². The summed E-state index contributed by atoms with van der Waals surface area (Å²) in [5, 5.41) is 14.4. The number of likely N-dealkylation sites (tertiary alicyclic amines) is 1. The van der Waals surface area contributed by atoms with E-state index < -0.39 is 4.92 Å². The molecule has 1 aromatic carbocycles.